The number of ether oxygens (including phenoxy) is 2. The molecule has 2 rings (SSSR count). The van der Waals surface area contributed by atoms with E-state index in [0.717, 1.165) is 5.56 Å². The molecule has 0 aromatic heterocycles. The molecule has 0 unspecified atom stereocenters. The first-order chi connectivity index (χ1) is 11.0. The molecule has 0 fully saturated rings. The topological polar surface area (TPSA) is 47.6 Å². The third-order valence-corrected chi connectivity index (χ3v) is 3.66. The minimum atomic E-state index is -0.588. The zero-order chi connectivity index (χ0) is 16.8. The van der Waals surface area contributed by atoms with E-state index >= 15 is 0 Å². The molecule has 4 heteroatoms. The molecule has 0 bridgehead atoms. The Kier molecular flexibility index (Phi) is 5.63. The maximum atomic E-state index is 12.3. The quantitative estimate of drug-likeness (QED) is 0.885. The number of nitrogens with one attached hydrogen (secondary N) is 1. The highest BCUT2D eigenvalue weighted by Crippen LogP contribution is 2.20. The van der Waals surface area contributed by atoms with Crippen molar-refractivity contribution in [2.75, 3.05) is 7.11 Å². The molecule has 0 radical (unpaired) electrons. The van der Waals surface area contributed by atoms with Gasteiger partial charge in [-0.05, 0) is 38.5 Å². The molecule has 122 valence electrons. The zero-order valence-corrected chi connectivity index (χ0v) is 14.0. The van der Waals surface area contributed by atoms with Gasteiger partial charge < -0.3 is 14.8 Å². The van der Waals surface area contributed by atoms with Crippen molar-refractivity contribution in [1.82, 2.24) is 5.32 Å². The Balaban J connectivity index is 1.95. The summed E-state index contributed by atoms with van der Waals surface area (Å²) in [5.74, 6) is 1.15. The fraction of sp³-hybridized carbons (Fsp3) is 0.316. The van der Waals surface area contributed by atoms with Crippen LogP contribution in [0.15, 0.2) is 48.5 Å². The van der Waals surface area contributed by atoms with Gasteiger partial charge in [0, 0.05) is 6.07 Å². The van der Waals surface area contributed by atoms with Crippen LogP contribution in [0.5, 0.6) is 11.5 Å². The highest BCUT2D eigenvalue weighted by molar-refractivity contribution is 5.81. The normalized spacial score (nSPS) is 13.0. The van der Waals surface area contributed by atoms with Crippen LogP contribution in [0, 0.1) is 6.92 Å². The summed E-state index contributed by atoms with van der Waals surface area (Å²) in [7, 11) is 1.60. The van der Waals surface area contributed by atoms with Gasteiger partial charge in [0.25, 0.3) is 5.91 Å². The summed E-state index contributed by atoms with van der Waals surface area (Å²) in [5, 5.41) is 2.97. The highest BCUT2D eigenvalue weighted by atomic mass is 16.5. The van der Waals surface area contributed by atoms with Crippen molar-refractivity contribution in [2.24, 2.45) is 0 Å². The van der Waals surface area contributed by atoms with E-state index in [0.29, 0.717) is 11.5 Å². The predicted molar refractivity (Wildman–Crippen MR) is 90.8 cm³/mol. The molecule has 0 aliphatic rings. The third kappa shape index (κ3) is 4.74. The van der Waals surface area contributed by atoms with Crippen LogP contribution in [-0.4, -0.2) is 19.1 Å². The van der Waals surface area contributed by atoms with Crippen molar-refractivity contribution in [3.8, 4) is 11.5 Å². The first-order valence-electron chi connectivity index (χ1n) is 7.67. The van der Waals surface area contributed by atoms with Crippen molar-refractivity contribution < 1.29 is 14.3 Å². The number of carbonyl (C=O) groups is 1. The van der Waals surface area contributed by atoms with Gasteiger partial charge in [-0.15, -0.1) is 0 Å². The summed E-state index contributed by atoms with van der Waals surface area (Å²) < 4.78 is 10.8. The summed E-state index contributed by atoms with van der Waals surface area (Å²) in [6, 6.07) is 15.3. The van der Waals surface area contributed by atoms with Gasteiger partial charge in [-0.2, -0.15) is 0 Å². The zero-order valence-electron chi connectivity index (χ0n) is 14.0. The minimum absolute atomic E-state index is 0.0699. The Morgan fingerprint density at radius 3 is 2.35 bits per heavy atom. The number of hydrogen-bond donors (Lipinski definition) is 1. The fourth-order valence-electron chi connectivity index (χ4n) is 2.20. The van der Waals surface area contributed by atoms with E-state index in [1.165, 1.54) is 5.56 Å². The maximum absolute atomic E-state index is 12.3. The Morgan fingerprint density at radius 1 is 1.04 bits per heavy atom. The molecule has 1 amide bonds. The van der Waals surface area contributed by atoms with Crippen LogP contribution < -0.4 is 14.8 Å². The summed E-state index contributed by atoms with van der Waals surface area (Å²) in [6.07, 6.45) is -0.588. The van der Waals surface area contributed by atoms with E-state index < -0.39 is 6.10 Å². The lowest BCUT2D eigenvalue weighted by molar-refractivity contribution is -0.127. The van der Waals surface area contributed by atoms with E-state index in [4.69, 9.17) is 9.47 Å². The average Bonchev–Trinajstić information content (AvgIpc) is 2.55. The van der Waals surface area contributed by atoms with E-state index in [1.807, 2.05) is 50.2 Å². The second-order valence-electron chi connectivity index (χ2n) is 5.58. The molecule has 0 aliphatic carbocycles. The van der Waals surface area contributed by atoms with Gasteiger partial charge in [0.15, 0.2) is 6.10 Å². The molecule has 2 aromatic rings. The molecule has 1 N–H and O–H groups in total. The lowest BCUT2D eigenvalue weighted by atomic mass is 10.1. The van der Waals surface area contributed by atoms with Crippen LogP contribution in [0.1, 0.15) is 31.0 Å². The van der Waals surface area contributed by atoms with Crippen molar-refractivity contribution in [1.29, 1.82) is 0 Å². The first-order valence-corrected chi connectivity index (χ1v) is 7.67. The highest BCUT2D eigenvalue weighted by Gasteiger charge is 2.17. The molecular weight excluding hydrogens is 290 g/mol. The minimum Gasteiger partial charge on any atom is -0.497 e. The molecule has 2 atom stereocenters. The molecule has 0 heterocycles. The monoisotopic (exact) mass is 313 g/mol. The Morgan fingerprint density at radius 2 is 1.70 bits per heavy atom. The largest absolute Gasteiger partial charge is 0.497 e. The van der Waals surface area contributed by atoms with Gasteiger partial charge >= 0.3 is 0 Å². The predicted octanol–water partition coefficient (Wildman–Crippen LogP) is 3.65. The molecule has 4 nitrogen and oxygen atoms in total. The lowest BCUT2D eigenvalue weighted by Gasteiger charge is -2.19. The Labute approximate surface area is 137 Å². The second-order valence-corrected chi connectivity index (χ2v) is 5.58. The van der Waals surface area contributed by atoms with Crippen molar-refractivity contribution in [2.45, 2.75) is 32.9 Å². The number of rotatable bonds is 6. The van der Waals surface area contributed by atoms with Crippen molar-refractivity contribution >= 4 is 5.91 Å². The van der Waals surface area contributed by atoms with E-state index in [1.54, 1.807) is 26.2 Å². The Bertz CT molecular complexity index is 652. The van der Waals surface area contributed by atoms with Crippen molar-refractivity contribution in [3.63, 3.8) is 0 Å². The van der Waals surface area contributed by atoms with Gasteiger partial charge in [-0.3, -0.25) is 4.79 Å². The molecule has 0 aliphatic heterocycles. The summed E-state index contributed by atoms with van der Waals surface area (Å²) in [6.45, 7) is 5.73. The summed E-state index contributed by atoms with van der Waals surface area (Å²) >= 11 is 0. The molecule has 23 heavy (non-hydrogen) atoms. The van der Waals surface area contributed by atoms with Gasteiger partial charge in [0.05, 0.1) is 13.2 Å². The molecule has 0 saturated carbocycles. The van der Waals surface area contributed by atoms with E-state index in [2.05, 4.69) is 5.32 Å². The SMILES string of the molecule is COc1cccc(O[C@@H](C)C(=O)N[C@H](C)c2ccc(C)cc2)c1. The number of amides is 1. The van der Waals surface area contributed by atoms with Crippen LogP contribution in [0.4, 0.5) is 0 Å². The van der Waals surface area contributed by atoms with Crippen LogP contribution in [-0.2, 0) is 4.79 Å². The van der Waals surface area contributed by atoms with E-state index in [-0.39, 0.29) is 11.9 Å². The average molecular weight is 313 g/mol. The Hall–Kier alpha value is -2.49. The number of carbonyl (C=O) groups excluding carboxylic acids is 1. The molecular formula is C19H23NO3. The number of benzene rings is 2. The van der Waals surface area contributed by atoms with Gasteiger partial charge in [0.1, 0.15) is 11.5 Å². The summed E-state index contributed by atoms with van der Waals surface area (Å²) in [5.41, 5.74) is 2.26. The first kappa shape index (κ1) is 16.9. The van der Waals surface area contributed by atoms with Gasteiger partial charge in [0.2, 0.25) is 0 Å². The number of methoxy groups -OCH3 is 1. The summed E-state index contributed by atoms with van der Waals surface area (Å²) in [4.78, 5) is 12.3. The smallest absolute Gasteiger partial charge is 0.261 e. The lowest BCUT2D eigenvalue weighted by Crippen LogP contribution is -2.37. The van der Waals surface area contributed by atoms with E-state index in [9.17, 15) is 4.79 Å². The third-order valence-electron chi connectivity index (χ3n) is 3.66. The number of aryl methyl sites for hydroxylation is 1. The fourth-order valence-corrected chi connectivity index (χ4v) is 2.20. The maximum Gasteiger partial charge on any atom is 0.261 e. The van der Waals surface area contributed by atoms with Gasteiger partial charge in [-0.25, -0.2) is 0 Å². The standard InChI is InChI=1S/C19H23NO3/c1-13-8-10-16(11-9-13)14(2)20-19(21)15(3)23-18-7-5-6-17(12-18)22-4/h5-12,14-15H,1-4H3,(H,20,21)/t14-,15+/m1/s1. The number of hydrogen-bond acceptors (Lipinski definition) is 3. The van der Waals surface area contributed by atoms with Crippen LogP contribution in [0.25, 0.3) is 0 Å². The molecule has 0 spiro atoms. The van der Waals surface area contributed by atoms with Gasteiger partial charge in [-0.1, -0.05) is 35.9 Å². The van der Waals surface area contributed by atoms with Crippen molar-refractivity contribution in [3.05, 3.63) is 59.7 Å². The second kappa shape index (κ2) is 7.68. The van der Waals surface area contributed by atoms with Crippen LogP contribution in [0.3, 0.4) is 0 Å². The molecule has 2 aromatic carbocycles. The van der Waals surface area contributed by atoms with Crippen LogP contribution in [0.2, 0.25) is 0 Å². The molecule has 0 saturated heterocycles. The van der Waals surface area contributed by atoms with Crippen LogP contribution >= 0.6 is 0 Å².